The molecule has 0 atom stereocenters. The molecule has 0 aliphatic carbocycles. The van der Waals surface area contributed by atoms with E-state index in [1.54, 1.807) is 37.8 Å². The molecule has 0 unspecified atom stereocenters. The number of carbonyl (C=O) groups excluding carboxylic acids is 2. The molecule has 0 N–H and O–H groups in total. The molecule has 16 heteroatoms. The molecular weight excluding hydrogens is 684 g/mol. The van der Waals surface area contributed by atoms with E-state index in [0.29, 0.717) is 37.7 Å². The average Bonchev–Trinajstić information content (AvgIpc) is 3.53. The Hall–Kier alpha value is -5.15. The Bertz CT molecular complexity index is 1860. The van der Waals surface area contributed by atoms with Gasteiger partial charge in [-0.2, -0.15) is 36.1 Å². The van der Waals surface area contributed by atoms with Gasteiger partial charge in [0.1, 0.15) is 23.5 Å². The van der Waals surface area contributed by atoms with E-state index < -0.39 is 52.4 Å². The minimum atomic E-state index is -5.09. The van der Waals surface area contributed by atoms with Crippen molar-refractivity contribution in [1.82, 2.24) is 24.6 Å². The maximum Gasteiger partial charge on any atom is 0.434 e. The van der Waals surface area contributed by atoms with Crippen LogP contribution < -0.4 is 4.74 Å². The highest BCUT2D eigenvalue weighted by atomic mass is 19.4. The van der Waals surface area contributed by atoms with Gasteiger partial charge in [-0.1, -0.05) is 30.3 Å². The predicted molar refractivity (Wildman–Crippen MR) is 171 cm³/mol. The topological polar surface area (TPSA) is 109 Å². The van der Waals surface area contributed by atoms with Crippen molar-refractivity contribution < 1.29 is 50.1 Å². The summed E-state index contributed by atoms with van der Waals surface area (Å²) in [6.45, 7) is 7.44. The molecule has 3 heterocycles. The van der Waals surface area contributed by atoms with E-state index in [-0.39, 0.29) is 41.2 Å². The number of halogens is 6. The molecule has 10 nitrogen and oxygen atoms in total. The summed E-state index contributed by atoms with van der Waals surface area (Å²) < 4.78 is 101. The van der Waals surface area contributed by atoms with Crippen LogP contribution in [0.4, 0.5) is 31.1 Å². The number of aromatic nitrogens is 4. The van der Waals surface area contributed by atoms with Gasteiger partial charge in [0.2, 0.25) is 0 Å². The fourth-order valence-corrected chi connectivity index (χ4v) is 5.61. The molecule has 1 amide bonds. The Kier molecular flexibility index (Phi) is 10.6. The molecule has 2 aromatic heterocycles. The third kappa shape index (κ3) is 8.78. The first kappa shape index (κ1) is 37.1. The second kappa shape index (κ2) is 14.6. The van der Waals surface area contributed by atoms with Crippen molar-refractivity contribution in [2.24, 2.45) is 0 Å². The van der Waals surface area contributed by atoms with Gasteiger partial charge < -0.3 is 19.1 Å². The third-order valence-electron chi connectivity index (χ3n) is 7.94. The van der Waals surface area contributed by atoms with Crippen LogP contribution in [0.25, 0.3) is 17.2 Å². The maximum absolute atomic E-state index is 14.2. The van der Waals surface area contributed by atoms with Gasteiger partial charge in [-0.3, -0.25) is 0 Å². The molecule has 1 fully saturated rings. The quantitative estimate of drug-likeness (QED) is 0.132. The molecule has 5 rings (SSSR count). The summed E-state index contributed by atoms with van der Waals surface area (Å²) in [7, 11) is 0. The van der Waals surface area contributed by atoms with Gasteiger partial charge >= 0.3 is 24.4 Å². The number of rotatable bonds is 8. The Morgan fingerprint density at radius 3 is 2.22 bits per heavy atom. The zero-order valence-electron chi connectivity index (χ0n) is 28.1. The number of alkyl halides is 6. The van der Waals surface area contributed by atoms with Crippen LogP contribution in [0.1, 0.15) is 79.2 Å². The molecule has 4 aromatic rings. The van der Waals surface area contributed by atoms with Crippen molar-refractivity contribution in [2.45, 2.75) is 71.0 Å². The number of carbonyl (C=O) groups is 2. The van der Waals surface area contributed by atoms with Gasteiger partial charge in [-0.25, -0.2) is 19.6 Å². The van der Waals surface area contributed by atoms with Crippen molar-refractivity contribution in [1.29, 1.82) is 0 Å². The van der Waals surface area contributed by atoms with Crippen LogP contribution in [0, 0.1) is 0 Å². The molecule has 0 spiro atoms. The molecule has 1 aliphatic heterocycles. The zero-order chi connectivity index (χ0) is 37.1. The summed E-state index contributed by atoms with van der Waals surface area (Å²) in [6.07, 6.45) is -7.15. The number of likely N-dealkylation sites (tertiary alicyclic amines) is 1. The van der Waals surface area contributed by atoms with Gasteiger partial charge in [-0.15, -0.1) is 0 Å². The normalized spacial score (nSPS) is 14.4. The fraction of sp³-hybridized carbons (Fsp3) is 0.400. The van der Waals surface area contributed by atoms with Crippen LogP contribution in [-0.4, -0.2) is 62.0 Å². The van der Waals surface area contributed by atoms with E-state index in [4.69, 9.17) is 14.2 Å². The van der Waals surface area contributed by atoms with Gasteiger partial charge in [0, 0.05) is 24.8 Å². The molecule has 51 heavy (non-hydrogen) atoms. The smallest absolute Gasteiger partial charge is 0.434 e. The summed E-state index contributed by atoms with van der Waals surface area (Å²) in [5, 5.41) is 3.65. The highest BCUT2D eigenvalue weighted by Gasteiger charge is 2.42. The largest absolute Gasteiger partial charge is 0.488 e. The van der Waals surface area contributed by atoms with Crippen molar-refractivity contribution in [2.75, 3.05) is 19.7 Å². The van der Waals surface area contributed by atoms with Gasteiger partial charge in [0.15, 0.2) is 5.69 Å². The van der Waals surface area contributed by atoms with E-state index in [0.717, 1.165) is 23.9 Å². The Morgan fingerprint density at radius 1 is 0.922 bits per heavy atom. The Morgan fingerprint density at radius 2 is 1.61 bits per heavy atom. The molecule has 0 saturated carbocycles. The second-order valence-electron chi connectivity index (χ2n) is 12.7. The van der Waals surface area contributed by atoms with Crippen molar-refractivity contribution in [3.8, 4) is 23.0 Å². The van der Waals surface area contributed by atoms with Crippen molar-refractivity contribution in [3.05, 3.63) is 88.9 Å². The molecule has 0 radical (unpaired) electrons. The number of nitrogens with zero attached hydrogens (tertiary/aromatic N) is 5. The summed E-state index contributed by atoms with van der Waals surface area (Å²) in [5.74, 6) is -2.33. The number of para-hydroxylation sites is 1. The van der Waals surface area contributed by atoms with Crippen LogP contribution >= 0.6 is 0 Å². The number of amides is 1. The highest BCUT2D eigenvalue weighted by Crippen LogP contribution is 2.42. The zero-order valence-corrected chi connectivity index (χ0v) is 28.1. The average molecular weight is 720 g/mol. The first-order valence-electron chi connectivity index (χ1n) is 16.0. The SMILES string of the molecule is CCOC(=O)c1cnn(-c2nccc(-c3cccc(C(F)(F)F)c3OCc3ccc(C4CCN(C(=O)OC(C)(C)C)CC4)cc3)n2)c1C(F)(F)F. The molecule has 2 aromatic carbocycles. The van der Waals surface area contributed by atoms with Crippen LogP contribution in [-0.2, 0) is 28.4 Å². The van der Waals surface area contributed by atoms with Crippen molar-refractivity contribution in [3.63, 3.8) is 0 Å². The number of hydrogen-bond donors (Lipinski definition) is 0. The predicted octanol–water partition coefficient (Wildman–Crippen LogP) is 8.24. The van der Waals surface area contributed by atoms with E-state index in [9.17, 15) is 35.9 Å². The molecule has 0 bridgehead atoms. The van der Waals surface area contributed by atoms with Crippen LogP contribution in [0.3, 0.4) is 0 Å². The molecular formula is C35H35F6N5O5. The molecule has 272 valence electrons. The van der Waals surface area contributed by atoms with Crippen LogP contribution in [0.15, 0.2) is 60.9 Å². The van der Waals surface area contributed by atoms with E-state index in [2.05, 4.69) is 15.1 Å². The monoisotopic (exact) mass is 719 g/mol. The summed E-state index contributed by atoms with van der Waals surface area (Å²) in [5.41, 5.74) is -2.86. The van der Waals surface area contributed by atoms with E-state index in [1.807, 2.05) is 12.1 Å². The van der Waals surface area contributed by atoms with Gasteiger partial charge in [0.05, 0.1) is 24.1 Å². The standard InChI is InChI=1S/C35H35F6N5O5/c1-5-49-30(47)25-19-43-46(29(25)35(39,40)41)31-42-16-13-27(44-31)24-7-6-8-26(34(36,37)38)28(24)50-20-21-9-11-22(12-10-21)23-14-17-45(18-15-23)32(48)51-33(2,3)4/h6-13,16,19,23H,5,14-15,17-18,20H2,1-4H3. The third-order valence-corrected chi connectivity index (χ3v) is 7.94. The number of ether oxygens (including phenoxy) is 3. The second-order valence-corrected chi connectivity index (χ2v) is 12.7. The van der Waals surface area contributed by atoms with Crippen LogP contribution in [0.2, 0.25) is 0 Å². The lowest BCUT2D eigenvalue weighted by Gasteiger charge is -2.33. The summed E-state index contributed by atoms with van der Waals surface area (Å²) in [6, 6.07) is 11.7. The minimum Gasteiger partial charge on any atom is -0.488 e. The Balaban J connectivity index is 1.38. The molecule has 1 saturated heterocycles. The first-order valence-corrected chi connectivity index (χ1v) is 16.0. The molecule has 1 aliphatic rings. The number of hydrogen-bond acceptors (Lipinski definition) is 8. The number of piperidine rings is 1. The van der Waals surface area contributed by atoms with E-state index >= 15 is 0 Å². The first-order chi connectivity index (χ1) is 24.0. The van der Waals surface area contributed by atoms with Crippen LogP contribution in [0.5, 0.6) is 5.75 Å². The highest BCUT2D eigenvalue weighted by molar-refractivity contribution is 5.90. The lowest BCUT2D eigenvalue weighted by Crippen LogP contribution is -2.41. The summed E-state index contributed by atoms with van der Waals surface area (Å²) >= 11 is 0. The lowest BCUT2D eigenvalue weighted by molar-refractivity contribution is -0.143. The maximum atomic E-state index is 14.2. The van der Waals surface area contributed by atoms with Gasteiger partial charge in [0.25, 0.3) is 5.95 Å². The van der Waals surface area contributed by atoms with Gasteiger partial charge in [-0.05, 0) is 75.8 Å². The number of benzene rings is 2. The fourth-order valence-electron chi connectivity index (χ4n) is 5.61. The van der Waals surface area contributed by atoms with E-state index in [1.165, 1.54) is 19.1 Å². The lowest BCUT2D eigenvalue weighted by atomic mass is 9.89. The summed E-state index contributed by atoms with van der Waals surface area (Å²) in [4.78, 5) is 34.3. The number of esters is 1. The van der Waals surface area contributed by atoms with Crippen molar-refractivity contribution >= 4 is 12.1 Å². The Labute approximate surface area is 289 Å². The minimum absolute atomic E-state index is 0.159.